The number of hydrogen-bond acceptors (Lipinski definition) is 7. The lowest BCUT2D eigenvalue weighted by atomic mass is 10.2. The minimum Gasteiger partial charge on any atom is -0.476 e. The Bertz CT molecular complexity index is 1100. The number of para-hydroxylation sites is 2. The third-order valence-electron chi connectivity index (χ3n) is 4.09. The summed E-state index contributed by atoms with van der Waals surface area (Å²) in [5.74, 6) is -0.0623. The summed E-state index contributed by atoms with van der Waals surface area (Å²) in [5, 5.41) is 2.50. The fourth-order valence-corrected chi connectivity index (χ4v) is 5.07. The van der Waals surface area contributed by atoms with Gasteiger partial charge in [0.25, 0.3) is 15.9 Å². The molecule has 26 heavy (non-hydrogen) atoms. The Morgan fingerprint density at radius 2 is 2.04 bits per heavy atom. The Kier molecular flexibility index (Phi) is 4.00. The van der Waals surface area contributed by atoms with Crippen LogP contribution in [0.25, 0.3) is 11.0 Å². The van der Waals surface area contributed by atoms with Crippen molar-refractivity contribution in [3.8, 4) is 5.75 Å². The van der Waals surface area contributed by atoms with E-state index in [0.29, 0.717) is 22.5 Å². The molecule has 0 spiro atoms. The van der Waals surface area contributed by atoms with Gasteiger partial charge in [-0.15, -0.1) is 0 Å². The molecule has 10 heteroatoms. The second-order valence-electron chi connectivity index (χ2n) is 5.61. The third kappa shape index (κ3) is 2.58. The predicted octanol–water partition coefficient (Wildman–Crippen LogP) is 1.39. The van der Waals surface area contributed by atoms with Crippen LogP contribution in [0.3, 0.4) is 0 Å². The molecule has 0 saturated heterocycles. The van der Waals surface area contributed by atoms with Crippen molar-refractivity contribution in [3.05, 3.63) is 42.5 Å². The van der Waals surface area contributed by atoms with Gasteiger partial charge in [-0.3, -0.25) is 9.10 Å². The van der Waals surface area contributed by atoms with Gasteiger partial charge in [-0.25, -0.2) is 8.42 Å². The number of benzene rings is 2. The lowest BCUT2D eigenvalue weighted by Gasteiger charge is -2.34. The Balaban J connectivity index is 1.87. The molecule has 1 N–H and O–H groups in total. The van der Waals surface area contributed by atoms with Crippen molar-refractivity contribution in [1.29, 1.82) is 0 Å². The van der Waals surface area contributed by atoms with Gasteiger partial charge in [0.15, 0.2) is 6.10 Å². The summed E-state index contributed by atoms with van der Waals surface area (Å²) in [6.07, 6.45) is -0.947. The van der Waals surface area contributed by atoms with Gasteiger partial charge in [0.05, 0.1) is 24.0 Å². The van der Waals surface area contributed by atoms with E-state index in [1.165, 1.54) is 17.4 Å². The molecule has 0 saturated carbocycles. The van der Waals surface area contributed by atoms with Crippen LogP contribution in [0.4, 0.5) is 5.69 Å². The Hall–Kier alpha value is -2.72. The molecule has 1 aliphatic rings. The smallest absolute Gasteiger partial charge is 0.266 e. The van der Waals surface area contributed by atoms with E-state index >= 15 is 0 Å². The van der Waals surface area contributed by atoms with Gasteiger partial charge in [-0.05, 0) is 24.3 Å². The van der Waals surface area contributed by atoms with E-state index in [0.717, 1.165) is 11.7 Å². The van der Waals surface area contributed by atoms with Crippen LogP contribution in [0.15, 0.2) is 47.4 Å². The molecule has 4 rings (SSSR count). The Morgan fingerprint density at radius 3 is 2.85 bits per heavy atom. The van der Waals surface area contributed by atoms with E-state index < -0.39 is 22.0 Å². The van der Waals surface area contributed by atoms with E-state index in [2.05, 4.69) is 14.1 Å². The maximum Gasteiger partial charge on any atom is 0.266 e. The molecule has 1 aromatic heterocycles. The first-order valence-corrected chi connectivity index (χ1v) is 9.90. The highest BCUT2D eigenvalue weighted by atomic mass is 32.2. The lowest BCUT2D eigenvalue weighted by Crippen LogP contribution is -2.50. The van der Waals surface area contributed by atoms with Crippen LogP contribution in [-0.2, 0) is 14.8 Å². The molecular weight excluding hydrogens is 376 g/mol. The van der Waals surface area contributed by atoms with Crippen molar-refractivity contribution in [2.75, 3.05) is 17.9 Å². The minimum atomic E-state index is -3.97. The quantitative estimate of drug-likeness (QED) is 0.725. The molecule has 2 heterocycles. The SMILES string of the molecule is CNC(=O)[C@@H]1CN(S(=O)(=O)c2cccc3nsnc23)c2ccccc2O1. The molecule has 0 unspecified atom stereocenters. The number of aromatic nitrogens is 2. The zero-order valence-corrected chi connectivity index (χ0v) is 15.3. The van der Waals surface area contributed by atoms with E-state index in [-0.39, 0.29) is 11.4 Å². The van der Waals surface area contributed by atoms with Gasteiger partial charge in [0.2, 0.25) is 0 Å². The summed E-state index contributed by atoms with van der Waals surface area (Å²) >= 11 is 0.953. The maximum atomic E-state index is 13.4. The van der Waals surface area contributed by atoms with Crippen molar-refractivity contribution in [3.63, 3.8) is 0 Å². The summed E-state index contributed by atoms with van der Waals surface area (Å²) in [5.41, 5.74) is 1.21. The Labute approximate surface area is 153 Å². The number of likely N-dealkylation sites (N-methyl/N-ethyl adjacent to an activating group) is 1. The van der Waals surface area contributed by atoms with Gasteiger partial charge in [0.1, 0.15) is 21.7 Å². The molecule has 0 fully saturated rings. The minimum absolute atomic E-state index is 0.0520. The van der Waals surface area contributed by atoms with E-state index in [4.69, 9.17) is 4.74 Å². The monoisotopic (exact) mass is 390 g/mol. The molecule has 8 nitrogen and oxygen atoms in total. The first-order valence-electron chi connectivity index (χ1n) is 7.73. The highest BCUT2D eigenvalue weighted by Crippen LogP contribution is 2.37. The second-order valence-corrected chi connectivity index (χ2v) is 7.97. The number of sulfonamides is 1. The number of rotatable bonds is 3. The zero-order valence-electron chi connectivity index (χ0n) is 13.6. The topological polar surface area (TPSA) is 101 Å². The van der Waals surface area contributed by atoms with Crippen molar-refractivity contribution < 1.29 is 17.9 Å². The van der Waals surface area contributed by atoms with E-state index in [9.17, 15) is 13.2 Å². The van der Waals surface area contributed by atoms with Crippen LogP contribution in [0.5, 0.6) is 5.75 Å². The van der Waals surface area contributed by atoms with Crippen molar-refractivity contribution >= 4 is 44.4 Å². The number of amides is 1. The second kappa shape index (κ2) is 6.22. The molecule has 1 aliphatic heterocycles. The first-order chi connectivity index (χ1) is 12.5. The van der Waals surface area contributed by atoms with Gasteiger partial charge < -0.3 is 10.1 Å². The number of carbonyl (C=O) groups is 1. The average Bonchev–Trinajstić information content (AvgIpc) is 3.15. The Morgan fingerprint density at radius 1 is 1.23 bits per heavy atom. The maximum absolute atomic E-state index is 13.4. The predicted molar refractivity (Wildman–Crippen MR) is 96.9 cm³/mol. The summed E-state index contributed by atoms with van der Waals surface area (Å²) in [6, 6.07) is 11.5. The first kappa shape index (κ1) is 16.7. The number of nitrogens with one attached hydrogen (secondary N) is 1. The molecule has 0 aliphatic carbocycles. The molecule has 3 aromatic rings. The highest BCUT2D eigenvalue weighted by molar-refractivity contribution is 7.93. The van der Waals surface area contributed by atoms with Gasteiger partial charge in [-0.1, -0.05) is 18.2 Å². The zero-order chi connectivity index (χ0) is 18.3. The van der Waals surface area contributed by atoms with E-state index in [1.807, 2.05) is 0 Å². The van der Waals surface area contributed by atoms with Crippen molar-refractivity contribution in [2.45, 2.75) is 11.0 Å². The fourth-order valence-electron chi connectivity index (χ4n) is 2.84. The van der Waals surface area contributed by atoms with Crippen molar-refractivity contribution in [2.24, 2.45) is 0 Å². The number of hydrogen-bond donors (Lipinski definition) is 1. The molecular formula is C16H14N4O4S2. The van der Waals surface area contributed by atoms with Crippen LogP contribution in [0.1, 0.15) is 0 Å². The highest BCUT2D eigenvalue weighted by Gasteiger charge is 2.38. The van der Waals surface area contributed by atoms with Crippen LogP contribution >= 0.6 is 11.7 Å². The molecule has 1 amide bonds. The number of fused-ring (bicyclic) bond motifs is 2. The normalized spacial score (nSPS) is 16.8. The molecule has 2 aromatic carbocycles. The van der Waals surface area contributed by atoms with Gasteiger partial charge >= 0.3 is 0 Å². The molecule has 0 bridgehead atoms. The number of nitrogens with zero attached hydrogens (tertiary/aromatic N) is 3. The number of carbonyl (C=O) groups excluding carboxylic acids is 1. The summed E-state index contributed by atoms with van der Waals surface area (Å²) in [6.45, 7) is -0.132. The lowest BCUT2D eigenvalue weighted by molar-refractivity contribution is -0.127. The van der Waals surface area contributed by atoms with Gasteiger partial charge in [-0.2, -0.15) is 8.75 Å². The summed E-state index contributed by atoms with van der Waals surface area (Å²) < 4.78 is 41.9. The number of anilines is 1. The largest absolute Gasteiger partial charge is 0.476 e. The van der Waals surface area contributed by atoms with Gasteiger partial charge in [0, 0.05) is 7.05 Å². The van der Waals surface area contributed by atoms with Crippen molar-refractivity contribution in [1.82, 2.24) is 14.1 Å². The van der Waals surface area contributed by atoms with Crippen LogP contribution < -0.4 is 14.4 Å². The summed E-state index contributed by atoms with van der Waals surface area (Å²) in [4.78, 5) is 12.1. The van der Waals surface area contributed by atoms with Crippen LogP contribution in [0, 0.1) is 0 Å². The fraction of sp³-hybridized carbons (Fsp3) is 0.188. The standard InChI is InChI=1S/C16H14N4O4S2/c1-17-16(21)13-9-20(11-6-2-3-7-12(11)24-13)26(22,23)14-8-4-5-10-15(14)19-25-18-10/h2-8,13H,9H2,1H3,(H,17,21)/t13-/m0/s1. The van der Waals surface area contributed by atoms with E-state index in [1.54, 1.807) is 36.4 Å². The molecule has 0 radical (unpaired) electrons. The van der Waals surface area contributed by atoms with Crippen LogP contribution in [0.2, 0.25) is 0 Å². The molecule has 134 valence electrons. The number of ether oxygens (including phenoxy) is 1. The average molecular weight is 390 g/mol. The molecule has 1 atom stereocenters. The summed E-state index contributed by atoms with van der Waals surface area (Å²) in [7, 11) is -2.49. The third-order valence-corrected chi connectivity index (χ3v) is 6.44. The van der Waals surface area contributed by atoms with Crippen LogP contribution in [-0.4, -0.2) is 42.8 Å².